The predicted molar refractivity (Wildman–Crippen MR) is 69.3 cm³/mol. The van der Waals surface area contributed by atoms with Crippen LogP contribution in [0.15, 0.2) is 0 Å². The fourth-order valence-electron chi connectivity index (χ4n) is 2.03. The number of aromatic carboxylic acids is 6. The first-order valence-electron chi connectivity index (χ1n) is 5.57. The van der Waals surface area contributed by atoms with E-state index in [2.05, 4.69) is 0 Å². The van der Waals surface area contributed by atoms with Crippen molar-refractivity contribution in [3.63, 3.8) is 0 Å². The van der Waals surface area contributed by atoms with Crippen molar-refractivity contribution in [2.75, 3.05) is 0 Å². The zero-order chi connectivity index (χ0) is 18.9. The Hall–Kier alpha value is -2.32. The van der Waals surface area contributed by atoms with E-state index < -0.39 is 69.2 Å². The van der Waals surface area contributed by atoms with Crippen molar-refractivity contribution in [3.8, 4) is 0 Å². The summed E-state index contributed by atoms with van der Waals surface area (Å²) in [6.07, 6.45) is 0. The van der Waals surface area contributed by atoms with Crippen LogP contribution in [0.5, 0.6) is 0 Å². The van der Waals surface area contributed by atoms with Crippen LogP contribution >= 0.6 is 0 Å². The Morgan fingerprint density at radius 2 is 0.480 bits per heavy atom. The Morgan fingerprint density at radius 1 is 0.400 bits per heavy atom. The predicted octanol–water partition coefficient (Wildman–Crippen LogP) is -3.01. The summed E-state index contributed by atoms with van der Waals surface area (Å²) in [6.45, 7) is 0. The van der Waals surface area contributed by atoms with Crippen molar-refractivity contribution < 1.29 is 112 Å². The van der Waals surface area contributed by atoms with Crippen LogP contribution in [0, 0.1) is 0 Å². The van der Waals surface area contributed by atoms with E-state index in [0.717, 1.165) is 0 Å². The monoisotopic (exact) mass is 382 g/mol. The third-order valence-corrected chi connectivity index (χ3v) is 2.78. The molecule has 0 saturated heterocycles. The second kappa shape index (κ2) is 8.17. The van der Waals surface area contributed by atoms with Crippen LogP contribution in [-0.4, -0.2) is 66.5 Å². The minimum absolute atomic E-state index is 0. The fraction of sp³-hybridized carbons (Fsp3) is 0. The van der Waals surface area contributed by atoms with Gasteiger partial charge in [-0.3, -0.25) is 0 Å². The van der Waals surface area contributed by atoms with E-state index in [0.29, 0.717) is 0 Å². The molecule has 0 atom stereocenters. The summed E-state index contributed by atoms with van der Waals surface area (Å²) in [5.74, 6) is -13.5. The molecule has 1 rings (SSSR count). The first kappa shape index (κ1) is 22.7. The van der Waals surface area contributed by atoms with Gasteiger partial charge in [0.15, 0.2) is 0 Å². The molecule has 0 aromatic heterocycles. The normalized spacial score (nSPS) is 9.60. The summed E-state index contributed by atoms with van der Waals surface area (Å²) in [5, 5.41) is 54.2. The van der Waals surface area contributed by atoms with Crippen LogP contribution in [-0.2, 0) is 0 Å². The molecule has 0 amide bonds. The molecule has 0 unspecified atom stereocenters. The SMILES string of the molecule is O=C(O)c1c(C(=O)O)c(C(=O)O)c(C(=O)O)c(C(=O)O)c1C(=O)O.[H-].[K+]. The third-order valence-electron chi connectivity index (χ3n) is 2.78. The van der Waals surface area contributed by atoms with Gasteiger partial charge in [-0.05, 0) is 0 Å². The van der Waals surface area contributed by atoms with Crippen molar-refractivity contribution in [3.05, 3.63) is 33.4 Å². The van der Waals surface area contributed by atoms with Gasteiger partial charge in [-0.2, -0.15) is 0 Å². The van der Waals surface area contributed by atoms with Crippen molar-refractivity contribution in [2.45, 2.75) is 0 Å². The maximum absolute atomic E-state index is 11.2. The number of hydrogen-bond acceptors (Lipinski definition) is 6. The van der Waals surface area contributed by atoms with Gasteiger partial charge in [-0.25, -0.2) is 28.8 Å². The first-order valence-corrected chi connectivity index (χ1v) is 5.57. The molecule has 6 N–H and O–H groups in total. The maximum atomic E-state index is 11.2. The molecule has 0 heterocycles. The second-order valence-electron chi connectivity index (χ2n) is 4.08. The van der Waals surface area contributed by atoms with E-state index >= 15 is 0 Å². The van der Waals surface area contributed by atoms with Crippen molar-refractivity contribution >= 4 is 35.8 Å². The van der Waals surface area contributed by atoms with Gasteiger partial charge in [-0.1, -0.05) is 0 Å². The van der Waals surface area contributed by atoms with Gasteiger partial charge in [-0.15, -0.1) is 0 Å². The summed E-state index contributed by atoms with van der Waals surface area (Å²) >= 11 is 0. The average Bonchev–Trinajstić information content (AvgIpc) is 2.42. The van der Waals surface area contributed by atoms with Crippen LogP contribution in [0.1, 0.15) is 63.6 Å². The topological polar surface area (TPSA) is 224 Å². The third kappa shape index (κ3) is 4.02. The number of hydrogen-bond donors (Lipinski definition) is 6. The van der Waals surface area contributed by atoms with Crippen LogP contribution < -0.4 is 51.4 Å². The van der Waals surface area contributed by atoms with Crippen molar-refractivity contribution in [1.29, 1.82) is 0 Å². The second-order valence-corrected chi connectivity index (χ2v) is 4.08. The van der Waals surface area contributed by atoms with Gasteiger partial charge in [0, 0.05) is 0 Å². The summed E-state index contributed by atoms with van der Waals surface area (Å²) < 4.78 is 0. The average molecular weight is 382 g/mol. The molecule has 25 heavy (non-hydrogen) atoms. The number of carboxylic acid groups (broad SMARTS) is 6. The van der Waals surface area contributed by atoms with Crippen LogP contribution in [0.25, 0.3) is 0 Å². The quantitative estimate of drug-likeness (QED) is 0.271. The first-order chi connectivity index (χ1) is 10.9. The smallest absolute Gasteiger partial charge is 1.00 e. The largest absolute Gasteiger partial charge is 1.00 e. The van der Waals surface area contributed by atoms with E-state index in [1.165, 1.54) is 0 Å². The number of benzene rings is 1. The van der Waals surface area contributed by atoms with Crippen LogP contribution in [0.3, 0.4) is 0 Å². The molecular weight excluding hydrogens is 375 g/mol. The fourth-order valence-corrected chi connectivity index (χ4v) is 2.03. The van der Waals surface area contributed by atoms with Crippen molar-refractivity contribution in [1.82, 2.24) is 0 Å². The summed E-state index contributed by atoms with van der Waals surface area (Å²) in [7, 11) is 0. The number of carbonyl (C=O) groups is 6. The molecule has 0 saturated carbocycles. The molecule has 1 aromatic carbocycles. The molecule has 0 aliphatic heterocycles. The molecule has 0 spiro atoms. The van der Waals surface area contributed by atoms with Crippen molar-refractivity contribution in [2.24, 2.45) is 0 Å². The molecule has 13 heteroatoms. The van der Waals surface area contributed by atoms with Gasteiger partial charge in [0.05, 0.1) is 33.4 Å². The molecule has 0 fully saturated rings. The van der Waals surface area contributed by atoms with E-state index in [4.69, 9.17) is 30.6 Å². The summed E-state index contributed by atoms with van der Waals surface area (Å²) in [6, 6.07) is 0. The van der Waals surface area contributed by atoms with Gasteiger partial charge in [0.2, 0.25) is 0 Å². The van der Waals surface area contributed by atoms with Gasteiger partial charge in [0.1, 0.15) is 0 Å². The molecule has 128 valence electrons. The van der Waals surface area contributed by atoms with E-state index in [1.807, 2.05) is 0 Å². The zero-order valence-corrected chi connectivity index (χ0v) is 15.3. The minimum Gasteiger partial charge on any atom is -1.00 e. The molecule has 0 aliphatic rings. The molecule has 0 aliphatic carbocycles. The van der Waals surface area contributed by atoms with Gasteiger partial charge < -0.3 is 32.1 Å². The zero-order valence-electron chi connectivity index (χ0n) is 13.1. The Labute approximate surface area is 180 Å². The molecule has 1 aromatic rings. The Bertz CT molecular complexity index is 645. The number of rotatable bonds is 6. The maximum Gasteiger partial charge on any atom is 1.00 e. The van der Waals surface area contributed by atoms with E-state index in [9.17, 15) is 28.8 Å². The Kier molecular flexibility index (Phi) is 7.41. The molecule has 0 radical (unpaired) electrons. The molecule has 0 bridgehead atoms. The summed E-state index contributed by atoms with van der Waals surface area (Å²) in [4.78, 5) is 67.3. The van der Waals surface area contributed by atoms with Crippen LogP contribution in [0.4, 0.5) is 0 Å². The van der Waals surface area contributed by atoms with Gasteiger partial charge in [0.25, 0.3) is 0 Å². The summed E-state index contributed by atoms with van der Waals surface area (Å²) in [5.41, 5.74) is -9.95. The molecule has 12 nitrogen and oxygen atoms in total. The standard InChI is InChI=1S/C12H6O12.K.H/c13-7(14)1-2(8(15)16)4(10(19)20)6(12(23)24)5(11(21)22)3(1)9(17)18;;/h(H,13,14)(H,15,16)(H,17,18)(H,19,20)(H,21,22)(H,23,24);;/q;+1;-1. The van der Waals surface area contributed by atoms with E-state index in [-0.39, 0.29) is 52.8 Å². The molecular formula is C12H7KO12. The Morgan fingerprint density at radius 3 is 0.520 bits per heavy atom. The minimum atomic E-state index is -2.26. The Balaban J connectivity index is 0. The van der Waals surface area contributed by atoms with Gasteiger partial charge >= 0.3 is 87.2 Å². The van der Waals surface area contributed by atoms with E-state index in [1.54, 1.807) is 0 Å². The number of carboxylic acids is 6. The van der Waals surface area contributed by atoms with Crippen LogP contribution in [0.2, 0.25) is 0 Å².